The summed E-state index contributed by atoms with van der Waals surface area (Å²) >= 11 is 0. The molecule has 0 aliphatic carbocycles. The van der Waals surface area contributed by atoms with E-state index in [0.29, 0.717) is 19.6 Å². The fourth-order valence-corrected chi connectivity index (χ4v) is 5.19. The standard InChI is InChI=1S/C19H32N4O3S/c1-17-15-23(16-18(2)26-17)27(24,25)20-9-6-10-21-11-13-22(14-12-21)19-7-4-3-5-8-19/h3-5,7-8,17-18,20H,6,9-16H2,1-2H3/t17-,18-/m0/s1. The van der Waals surface area contributed by atoms with Crippen molar-refractivity contribution in [2.24, 2.45) is 0 Å². The molecule has 2 saturated heterocycles. The Bertz CT molecular complexity index is 667. The number of ether oxygens (including phenoxy) is 1. The highest BCUT2D eigenvalue weighted by atomic mass is 32.2. The van der Waals surface area contributed by atoms with Crippen LogP contribution in [0.3, 0.4) is 0 Å². The van der Waals surface area contributed by atoms with Crippen molar-refractivity contribution in [3.8, 4) is 0 Å². The highest BCUT2D eigenvalue weighted by Gasteiger charge is 2.30. The van der Waals surface area contributed by atoms with Crippen molar-refractivity contribution in [2.45, 2.75) is 32.5 Å². The van der Waals surface area contributed by atoms with Crippen molar-refractivity contribution in [3.05, 3.63) is 30.3 Å². The average molecular weight is 397 g/mol. The number of piperazine rings is 1. The van der Waals surface area contributed by atoms with Gasteiger partial charge in [0.25, 0.3) is 10.2 Å². The molecule has 0 unspecified atom stereocenters. The molecular formula is C19H32N4O3S. The lowest BCUT2D eigenvalue weighted by molar-refractivity contribution is -0.0443. The first kappa shape index (κ1) is 20.5. The van der Waals surface area contributed by atoms with Gasteiger partial charge in [-0.2, -0.15) is 12.7 Å². The zero-order chi connectivity index (χ0) is 19.3. The van der Waals surface area contributed by atoms with Crippen LogP contribution in [0.15, 0.2) is 30.3 Å². The zero-order valence-corrected chi connectivity index (χ0v) is 17.2. The van der Waals surface area contributed by atoms with Gasteiger partial charge in [0.2, 0.25) is 0 Å². The Morgan fingerprint density at radius 3 is 2.30 bits per heavy atom. The first-order chi connectivity index (χ1) is 12.9. The lowest BCUT2D eigenvalue weighted by Crippen LogP contribution is -2.52. The summed E-state index contributed by atoms with van der Waals surface area (Å²) in [6, 6.07) is 10.5. The van der Waals surface area contributed by atoms with Gasteiger partial charge >= 0.3 is 0 Å². The minimum atomic E-state index is -3.42. The largest absolute Gasteiger partial charge is 0.373 e. The molecular weight excluding hydrogens is 364 g/mol. The maximum Gasteiger partial charge on any atom is 0.279 e. The molecule has 0 bridgehead atoms. The second-order valence-corrected chi connectivity index (χ2v) is 9.25. The smallest absolute Gasteiger partial charge is 0.279 e. The third-order valence-electron chi connectivity index (χ3n) is 5.16. The summed E-state index contributed by atoms with van der Waals surface area (Å²) in [5.41, 5.74) is 1.28. The van der Waals surface area contributed by atoms with Gasteiger partial charge in [0, 0.05) is 51.5 Å². The van der Waals surface area contributed by atoms with Crippen LogP contribution >= 0.6 is 0 Å². The number of morpholine rings is 1. The minimum Gasteiger partial charge on any atom is -0.373 e. The quantitative estimate of drug-likeness (QED) is 0.701. The molecule has 1 aromatic rings. The van der Waals surface area contributed by atoms with Crippen molar-refractivity contribution in [1.29, 1.82) is 0 Å². The zero-order valence-electron chi connectivity index (χ0n) is 16.4. The van der Waals surface area contributed by atoms with Crippen molar-refractivity contribution in [2.75, 3.05) is 57.3 Å². The highest BCUT2D eigenvalue weighted by Crippen LogP contribution is 2.16. The third kappa shape index (κ3) is 5.89. The van der Waals surface area contributed by atoms with E-state index in [1.165, 1.54) is 9.99 Å². The number of benzene rings is 1. The Morgan fingerprint density at radius 2 is 1.67 bits per heavy atom. The summed E-state index contributed by atoms with van der Waals surface area (Å²) in [6.07, 6.45) is 0.692. The van der Waals surface area contributed by atoms with E-state index in [2.05, 4.69) is 38.8 Å². The summed E-state index contributed by atoms with van der Waals surface area (Å²) in [4.78, 5) is 4.81. The molecule has 2 atom stereocenters. The summed E-state index contributed by atoms with van der Waals surface area (Å²) in [5.74, 6) is 0. The molecule has 2 aliphatic rings. The number of hydrogen-bond donors (Lipinski definition) is 1. The lowest BCUT2D eigenvalue weighted by atomic mass is 10.2. The summed E-state index contributed by atoms with van der Waals surface area (Å²) in [6.45, 7) is 10.1. The van der Waals surface area contributed by atoms with Gasteiger partial charge in [-0.25, -0.2) is 4.72 Å². The lowest BCUT2D eigenvalue weighted by Gasteiger charge is -2.36. The number of para-hydroxylation sites is 1. The van der Waals surface area contributed by atoms with E-state index >= 15 is 0 Å². The number of hydrogen-bond acceptors (Lipinski definition) is 5. The molecule has 2 heterocycles. The number of anilines is 1. The first-order valence-corrected chi connectivity index (χ1v) is 11.3. The van der Waals surface area contributed by atoms with Crippen LogP contribution in [-0.2, 0) is 14.9 Å². The summed E-state index contributed by atoms with van der Waals surface area (Å²) in [5, 5.41) is 0. The predicted molar refractivity (Wildman–Crippen MR) is 108 cm³/mol. The van der Waals surface area contributed by atoms with E-state index in [1.54, 1.807) is 0 Å². The second kappa shape index (κ2) is 9.34. The molecule has 0 amide bonds. The highest BCUT2D eigenvalue weighted by molar-refractivity contribution is 7.87. The topological polar surface area (TPSA) is 65.1 Å². The van der Waals surface area contributed by atoms with E-state index in [4.69, 9.17) is 4.74 Å². The minimum absolute atomic E-state index is 0.0637. The number of nitrogens with zero attached hydrogens (tertiary/aromatic N) is 3. The van der Waals surface area contributed by atoms with Crippen molar-refractivity contribution < 1.29 is 13.2 Å². The Kier molecular flexibility index (Phi) is 7.10. The summed E-state index contributed by atoms with van der Waals surface area (Å²) in [7, 11) is -3.42. The molecule has 0 radical (unpaired) electrons. The van der Waals surface area contributed by atoms with Gasteiger partial charge in [0.05, 0.1) is 12.2 Å². The monoisotopic (exact) mass is 396 g/mol. The van der Waals surface area contributed by atoms with Gasteiger partial charge < -0.3 is 9.64 Å². The molecule has 1 aromatic carbocycles. The molecule has 1 N–H and O–H groups in total. The SMILES string of the molecule is C[C@H]1CN(S(=O)(=O)NCCCN2CCN(c3ccccc3)CC2)C[C@H](C)O1. The van der Waals surface area contributed by atoms with Crippen molar-refractivity contribution >= 4 is 15.9 Å². The van der Waals surface area contributed by atoms with Crippen LogP contribution in [0.5, 0.6) is 0 Å². The van der Waals surface area contributed by atoms with Crippen LogP contribution in [-0.4, -0.2) is 82.2 Å². The van der Waals surface area contributed by atoms with Gasteiger partial charge in [0.15, 0.2) is 0 Å². The Morgan fingerprint density at radius 1 is 1.04 bits per heavy atom. The molecule has 0 saturated carbocycles. The van der Waals surface area contributed by atoms with Crippen LogP contribution < -0.4 is 9.62 Å². The van der Waals surface area contributed by atoms with E-state index in [9.17, 15) is 8.42 Å². The molecule has 0 spiro atoms. The normalized spacial score (nSPS) is 25.6. The molecule has 2 aliphatic heterocycles. The Labute approximate surface area is 163 Å². The Balaban J connectivity index is 1.36. The Hall–Kier alpha value is -1.19. The van der Waals surface area contributed by atoms with Crippen LogP contribution in [0.25, 0.3) is 0 Å². The van der Waals surface area contributed by atoms with Gasteiger partial charge in [-0.15, -0.1) is 0 Å². The van der Waals surface area contributed by atoms with Gasteiger partial charge in [0.1, 0.15) is 0 Å². The molecule has 0 aromatic heterocycles. The van der Waals surface area contributed by atoms with Crippen LogP contribution in [0.4, 0.5) is 5.69 Å². The van der Waals surface area contributed by atoms with Crippen molar-refractivity contribution in [3.63, 3.8) is 0 Å². The molecule has 8 heteroatoms. The van der Waals surface area contributed by atoms with Crippen LogP contribution in [0, 0.1) is 0 Å². The second-order valence-electron chi connectivity index (χ2n) is 7.49. The molecule has 2 fully saturated rings. The van der Waals surface area contributed by atoms with Crippen LogP contribution in [0.1, 0.15) is 20.3 Å². The van der Waals surface area contributed by atoms with Gasteiger partial charge in [-0.05, 0) is 38.9 Å². The molecule has 152 valence electrons. The fourth-order valence-electron chi connectivity index (χ4n) is 3.79. The maximum atomic E-state index is 12.5. The molecule has 27 heavy (non-hydrogen) atoms. The molecule has 3 rings (SSSR count). The number of nitrogens with one attached hydrogen (secondary N) is 1. The summed E-state index contributed by atoms with van der Waals surface area (Å²) < 4.78 is 34.8. The average Bonchev–Trinajstić information content (AvgIpc) is 2.66. The van der Waals surface area contributed by atoms with Gasteiger partial charge in [-0.1, -0.05) is 18.2 Å². The van der Waals surface area contributed by atoms with Gasteiger partial charge in [-0.3, -0.25) is 4.90 Å². The molecule has 7 nitrogen and oxygen atoms in total. The van der Waals surface area contributed by atoms with E-state index in [-0.39, 0.29) is 12.2 Å². The predicted octanol–water partition coefficient (Wildman–Crippen LogP) is 1.14. The van der Waals surface area contributed by atoms with E-state index < -0.39 is 10.2 Å². The van der Waals surface area contributed by atoms with Crippen molar-refractivity contribution in [1.82, 2.24) is 13.9 Å². The number of rotatable bonds is 7. The van der Waals surface area contributed by atoms with E-state index in [0.717, 1.165) is 39.1 Å². The van der Waals surface area contributed by atoms with E-state index in [1.807, 2.05) is 19.9 Å². The first-order valence-electron chi connectivity index (χ1n) is 9.86. The fraction of sp³-hybridized carbons (Fsp3) is 0.684. The maximum absolute atomic E-state index is 12.5. The van der Waals surface area contributed by atoms with Crippen LogP contribution in [0.2, 0.25) is 0 Å². The third-order valence-corrected chi connectivity index (χ3v) is 6.70.